The van der Waals surface area contributed by atoms with E-state index in [2.05, 4.69) is 29.6 Å². The fourth-order valence-corrected chi connectivity index (χ4v) is 5.34. The lowest BCUT2D eigenvalue weighted by Crippen LogP contribution is -2.43. The minimum Gasteiger partial charge on any atom is -0.299 e. The Morgan fingerprint density at radius 2 is 2.05 bits per heavy atom. The van der Waals surface area contributed by atoms with Gasteiger partial charge >= 0.3 is 0 Å². The highest BCUT2D eigenvalue weighted by molar-refractivity contribution is 7.12. The Labute approximate surface area is 129 Å². The molecule has 1 saturated carbocycles. The van der Waals surface area contributed by atoms with E-state index in [1.807, 2.05) is 11.3 Å². The first kappa shape index (κ1) is 12.4. The van der Waals surface area contributed by atoms with E-state index in [1.54, 1.807) is 4.88 Å². The van der Waals surface area contributed by atoms with Gasteiger partial charge in [0.05, 0.1) is 11.2 Å². The number of nitrogens with one attached hydrogen (secondary N) is 1. The van der Waals surface area contributed by atoms with E-state index in [9.17, 15) is 0 Å². The van der Waals surface area contributed by atoms with Crippen LogP contribution in [0.3, 0.4) is 0 Å². The summed E-state index contributed by atoms with van der Waals surface area (Å²) in [6.45, 7) is 0. The normalized spacial score (nSPS) is 26.9. The van der Waals surface area contributed by atoms with E-state index >= 15 is 0 Å². The van der Waals surface area contributed by atoms with Crippen molar-refractivity contribution < 1.29 is 0 Å². The quantitative estimate of drug-likeness (QED) is 0.936. The lowest BCUT2D eigenvalue weighted by atomic mass is 9.92. The Bertz CT molecular complexity index is 679. The fourth-order valence-electron chi connectivity index (χ4n) is 3.99. The molecule has 2 nitrogen and oxygen atoms in total. The van der Waals surface area contributed by atoms with Gasteiger partial charge in [-0.3, -0.25) is 5.32 Å². The van der Waals surface area contributed by atoms with Gasteiger partial charge in [-0.2, -0.15) is 0 Å². The number of hydrogen-bond donors (Lipinski definition) is 1. The Kier molecular flexibility index (Phi) is 2.59. The van der Waals surface area contributed by atoms with Crippen molar-refractivity contribution in [2.24, 2.45) is 0 Å². The zero-order valence-corrected chi connectivity index (χ0v) is 13.0. The van der Waals surface area contributed by atoms with Gasteiger partial charge < -0.3 is 0 Å². The molecule has 5 rings (SSSR count). The van der Waals surface area contributed by atoms with Gasteiger partial charge in [-0.05, 0) is 56.1 Å². The second-order valence-electron chi connectivity index (χ2n) is 6.72. The maximum Gasteiger partial charge on any atom is 0.118 e. The van der Waals surface area contributed by atoms with Crippen LogP contribution in [-0.4, -0.2) is 11.0 Å². The molecular formula is C18H20N2S. The van der Waals surface area contributed by atoms with E-state index < -0.39 is 0 Å². The summed E-state index contributed by atoms with van der Waals surface area (Å²) in [5, 5.41) is 5.31. The van der Waals surface area contributed by atoms with E-state index in [1.165, 1.54) is 66.8 Å². The van der Waals surface area contributed by atoms with Crippen molar-refractivity contribution in [1.29, 1.82) is 0 Å². The largest absolute Gasteiger partial charge is 0.299 e. The molecule has 0 aliphatic heterocycles. The molecule has 3 heteroatoms. The number of hydrogen-bond acceptors (Lipinski definition) is 3. The number of aromatic nitrogens is 1. The van der Waals surface area contributed by atoms with Crippen LogP contribution in [-0.2, 0) is 24.8 Å². The van der Waals surface area contributed by atoms with Crippen LogP contribution < -0.4 is 5.32 Å². The van der Waals surface area contributed by atoms with E-state index in [4.69, 9.17) is 4.98 Å². The van der Waals surface area contributed by atoms with Crippen LogP contribution >= 0.6 is 11.3 Å². The van der Waals surface area contributed by atoms with Crippen LogP contribution in [0.15, 0.2) is 24.3 Å². The van der Waals surface area contributed by atoms with Crippen molar-refractivity contribution in [2.45, 2.75) is 56.5 Å². The second kappa shape index (κ2) is 4.40. The highest BCUT2D eigenvalue weighted by Crippen LogP contribution is 2.46. The molecule has 0 saturated heterocycles. The molecule has 1 atom stereocenters. The second-order valence-corrected chi connectivity index (χ2v) is 7.81. The van der Waals surface area contributed by atoms with Gasteiger partial charge in [-0.25, -0.2) is 4.98 Å². The van der Waals surface area contributed by atoms with Crippen LogP contribution in [0, 0.1) is 0 Å². The number of benzene rings is 1. The van der Waals surface area contributed by atoms with Crippen LogP contribution in [0.4, 0.5) is 0 Å². The Morgan fingerprint density at radius 3 is 2.90 bits per heavy atom. The number of thiazole rings is 1. The number of nitrogens with zero attached hydrogens (tertiary/aromatic N) is 1. The number of rotatable bonds is 3. The standard InChI is InChI=1S/C18H20N2S/c1-2-5-14-12(4-1)10-11-18(14,20-13-8-9-13)17-19-15-6-3-7-16(15)21-17/h1-2,4-5,13,20H,3,6-11H2. The molecule has 2 aromatic rings. The van der Waals surface area contributed by atoms with Crippen LogP contribution in [0.5, 0.6) is 0 Å². The highest BCUT2D eigenvalue weighted by atomic mass is 32.1. The minimum atomic E-state index is 0.00671. The molecule has 21 heavy (non-hydrogen) atoms. The Hall–Kier alpha value is -1.19. The Morgan fingerprint density at radius 1 is 1.14 bits per heavy atom. The van der Waals surface area contributed by atoms with Gasteiger partial charge in [0.25, 0.3) is 0 Å². The first-order chi connectivity index (χ1) is 10.4. The maximum atomic E-state index is 5.08. The molecule has 1 heterocycles. The van der Waals surface area contributed by atoms with Gasteiger partial charge in [0.1, 0.15) is 5.01 Å². The zero-order chi connectivity index (χ0) is 13.9. The van der Waals surface area contributed by atoms with Crippen LogP contribution in [0.1, 0.15) is 52.4 Å². The molecule has 0 bridgehead atoms. The molecule has 108 valence electrons. The molecule has 1 fully saturated rings. The van der Waals surface area contributed by atoms with Crippen LogP contribution in [0.2, 0.25) is 0 Å². The number of fused-ring (bicyclic) bond motifs is 2. The van der Waals surface area contributed by atoms with Crippen molar-refractivity contribution >= 4 is 11.3 Å². The van der Waals surface area contributed by atoms with Crippen molar-refractivity contribution in [3.63, 3.8) is 0 Å². The summed E-state index contributed by atoms with van der Waals surface area (Å²) >= 11 is 1.98. The SMILES string of the molecule is c1ccc2c(c1)CCC2(NC1CC1)c1nc2c(s1)CCC2. The van der Waals surface area contributed by atoms with Gasteiger partial charge in [0, 0.05) is 10.9 Å². The third-order valence-electron chi connectivity index (χ3n) is 5.24. The monoisotopic (exact) mass is 296 g/mol. The van der Waals surface area contributed by atoms with Gasteiger partial charge in [-0.15, -0.1) is 11.3 Å². The summed E-state index contributed by atoms with van der Waals surface area (Å²) in [4.78, 5) is 6.63. The third kappa shape index (κ3) is 1.84. The molecular weight excluding hydrogens is 276 g/mol. The van der Waals surface area contributed by atoms with Gasteiger partial charge in [0.15, 0.2) is 0 Å². The Balaban J connectivity index is 1.65. The van der Waals surface area contributed by atoms with Gasteiger partial charge in [-0.1, -0.05) is 24.3 Å². The van der Waals surface area contributed by atoms with Gasteiger partial charge in [0.2, 0.25) is 0 Å². The third-order valence-corrected chi connectivity index (χ3v) is 6.55. The van der Waals surface area contributed by atoms with Crippen molar-refractivity contribution in [3.05, 3.63) is 51.0 Å². The van der Waals surface area contributed by atoms with E-state index in [0.29, 0.717) is 6.04 Å². The smallest absolute Gasteiger partial charge is 0.118 e. The lowest BCUT2D eigenvalue weighted by Gasteiger charge is -2.30. The topological polar surface area (TPSA) is 24.9 Å². The zero-order valence-electron chi connectivity index (χ0n) is 12.2. The first-order valence-corrected chi connectivity index (χ1v) is 9.02. The highest BCUT2D eigenvalue weighted by Gasteiger charge is 2.46. The molecule has 3 aliphatic rings. The molecule has 1 aromatic carbocycles. The number of aryl methyl sites for hydroxylation is 3. The molecule has 1 N–H and O–H groups in total. The molecule has 0 spiro atoms. The summed E-state index contributed by atoms with van der Waals surface area (Å²) in [6.07, 6.45) is 8.74. The van der Waals surface area contributed by atoms with E-state index in [-0.39, 0.29) is 5.54 Å². The average Bonchev–Trinajstić information content (AvgIpc) is 2.91. The molecule has 0 radical (unpaired) electrons. The summed E-state index contributed by atoms with van der Waals surface area (Å²) in [5.41, 5.74) is 4.40. The summed E-state index contributed by atoms with van der Waals surface area (Å²) in [7, 11) is 0. The van der Waals surface area contributed by atoms with Crippen LogP contribution in [0.25, 0.3) is 0 Å². The predicted octanol–water partition coefficient (Wildman–Crippen LogP) is 3.57. The van der Waals surface area contributed by atoms with E-state index in [0.717, 1.165) is 0 Å². The molecule has 0 amide bonds. The molecule has 1 aromatic heterocycles. The predicted molar refractivity (Wildman–Crippen MR) is 85.8 cm³/mol. The summed E-state index contributed by atoms with van der Waals surface area (Å²) in [5.74, 6) is 0. The van der Waals surface area contributed by atoms with Crippen molar-refractivity contribution in [3.8, 4) is 0 Å². The fraction of sp³-hybridized carbons (Fsp3) is 0.500. The first-order valence-electron chi connectivity index (χ1n) is 8.20. The molecule has 3 aliphatic carbocycles. The average molecular weight is 296 g/mol. The maximum absolute atomic E-state index is 5.08. The lowest BCUT2D eigenvalue weighted by molar-refractivity contribution is 0.392. The molecule has 1 unspecified atom stereocenters. The minimum absolute atomic E-state index is 0.00671. The van der Waals surface area contributed by atoms with Crippen molar-refractivity contribution in [1.82, 2.24) is 10.3 Å². The summed E-state index contributed by atoms with van der Waals surface area (Å²) in [6, 6.07) is 9.69. The summed E-state index contributed by atoms with van der Waals surface area (Å²) < 4.78 is 0. The van der Waals surface area contributed by atoms with Crippen molar-refractivity contribution in [2.75, 3.05) is 0 Å².